The van der Waals surface area contributed by atoms with E-state index in [1.807, 2.05) is 0 Å². The second-order valence-corrected chi connectivity index (χ2v) is 3.75. The third kappa shape index (κ3) is 1.67. The maximum atomic E-state index is 12.6. The van der Waals surface area contributed by atoms with Crippen LogP contribution in [0.25, 0.3) is 0 Å². The summed E-state index contributed by atoms with van der Waals surface area (Å²) in [6.07, 6.45) is 0.560. The highest BCUT2D eigenvalue weighted by molar-refractivity contribution is 5.75. The lowest BCUT2D eigenvalue weighted by molar-refractivity contribution is -0.0867. The molecule has 14 heavy (non-hydrogen) atoms. The molecule has 74 valence electrons. The second-order valence-electron chi connectivity index (χ2n) is 3.75. The zero-order chi connectivity index (χ0) is 10.2. The van der Waals surface area contributed by atoms with Crippen molar-refractivity contribution in [1.82, 2.24) is 0 Å². The van der Waals surface area contributed by atoms with Crippen molar-refractivity contribution < 1.29 is 13.6 Å². The van der Waals surface area contributed by atoms with Gasteiger partial charge in [-0.1, -0.05) is 18.2 Å². The molecule has 0 spiro atoms. The van der Waals surface area contributed by atoms with Crippen molar-refractivity contribution in [2.45, 2.75) is 24.7 Å². The first-order chi connectivity index (χ1) is 6.61. The predicted octanol–water partition coefficient (Wildman–Crippen LogP) is 3.01. The Morgan fingerprint density at radius 2 is 2.07 bits per heavy atom. The average molecular weight is 196 g/mol. The van der Waals surface area contributed by atoms with Crippen LogP contribution in [0.2, 0.25) is 0 Å². The zero-order valence-electron chi connectivity index (χ0n) is 7.54. The van der Waals surface area contributed by atoms with Gasteiger partial charge in [0.05, 0.1) is 0 Å². The summed E-state index contributed by atoms with van der Waals surface area (Å²) in [5.74, 6) is -2.58. The molecular weight excluding hydrogens is 186 g/mol. The topological polar surface area (TPSA) is 17.1 Å². The largest absolute Gasteiger partial charge is 0.298 e. The quantitative estimate of drug-likeness (QED) is 0.664. The lowest BCUT2D eigenvalue weighted by atomic mass is 9.76. The molecule has 1 aromatic carbocycles. The highest BCUT2D eigenvalue weighted by Gasteiger charge is 2.45. The van der Waals surface area contributed by atoms with Crippen LogP contribution in [-0.2, 0) is 0 Å². The van der Waals surface area contributed by atoms with Gasteiger partial charge in [0, 0.05) is 18.4 Å². The summed E-state index contributed by atoms with van der Waals surface area (Å²) in [6.45, 7) is 0. The van der Waals surface area contributed by atoms with Crippen LogP contribution >= 0.6 is 0 Å². The molecule has 0 saturated heterocycles. The highest BCUT2D eigenvalue weighted by atomic mass is 19.3. The van der Waals surface area contributed by atoms with Crippen molar-refractivity contribution in [3.05, 3.63) is 35.4 Å². The fourth-order valence-electron chi connectivity index (χ4n) is 1.78. The van der Waals surface area contributed by atoms with Crippen LogP contribution in [0.15, 0.2) is 24.3 Å². The first kappa shape index (κ1) is 9.31. The maximum Gasteiger partial charge on any atom is 0.249 e. The Bertz CT molecular complexity index is 352. The van der Waals surface area contributed by atoms with E-state index in [2.05, 4.69) is 0 Å². The molecule has 0 atom stereocenters. The Morgan fingerprint density at radius 3 is 2.64 bits per heavy atom. The molecule has 0 aliphatic heterocycles. The summed E-state index contributed by atoms with van der Waals surface area (Å²) in [6, 6.07) is 6.89. The summed E-state index contributed by atoms with van der Waals surface area (Å²) < 4.78 is 25.2. The maximum absolute atomic E-state index is 12.6. The predicted molar refractivity (Wildman–Crippen MR) is 48.8 cm³/mol. The van der Waals surface area contributed by atoms with Crippen LogP contribution in [0, 0.1) is 0 Å². The molecule has 0 radical (unpaired) electrons. The average Bonchev–Trinajstić information content (AvgIpc) is 2.14. The van der Waals surface area contributed by atoms with Gasteiger partial charge >= 0.3 is 0 Å². The summed E-state index contributed by atoms with van der Waals surface area (Å²) >= 11 is 0. The number of hydrogen-bond acceptors (Lipinski definition) is 1. The lowest BCUT2D eigenvalue weighted by Crippen LogP contribution is -2.33. The molecule has 1 aromatic rings. The van der Waals surface area contributed by atoms with Gasteiger partial charge in [0.25, 0.3) is 0 Å². The number of carbonyl (C=O) groups is 1. The third-order valence-corrected chi connectivity index (χ3v) is 2.61. The van der Waals surface area contributed by atoms with E-state index in [0.29, 0.717) is 5.56 Å². The fraction of sp³-hybridized carbons (Fsp3) is 0.364. The van der Waals surface area contributed by atoms with Gasteiger partial charge in [0.1, 0.15) is 6.29 Å². The summed E-state index contributed by atoms with van der Waals surface area (Å²) in [4.78, 5) is 10.5. The van der Waals surface area contributed by atoms with Crippen molar-refractivity contribution in [2.75, 3.05) is 0 Å². The number of aldehydes is 1. The van der Waals surface area contributed by atoms with Crippen molar-refractivity contribution in [1.29, 1.82) is 0 Å². The minimum absolute atomic E-state index is 0.0788. The van der Waals surface area contributed by atoms with Crippen LogP contribution in [0.3, 0.4) is 0 Å². The van der Waals surface area contributed by atoms with Gasteiger partial charge in [-0.05, 0) is 17.5 Å². The molecule has 0 aromatic heterocycles. The minimum atomic E-state index is -2.50. The third-order valence-electron chi connectivity index (χ3n) is 2.61. The van der Waals surface area contributed by atoms with E-state index < -0.39 is 5.92 Å². The first-order valence-corrected chi connectivity index (χ1v) is 4.54. The fourth-order valence-corrected chi connectivity index (χ4v) is 1.78. The molecule has 3 heteroatoms. The van der Waals surface area contributed by atoms with Crippen molar-refractivity contribution >= 4 is 6.29 Å². The van der Waals surface area contributed by atoms with Crippen LogP contribution in [-0.4, -0.2) is 12.2 Å². The van der Waals surface area contributed by atoms with Crippen molar-refractivity contribution in [3.63, 3.8) is 0 Å². The number of hydrogen-bond donors (Lipinski definition) is 0. The van der Waals surface area contributed by atoms with E-state index in [4.69, 9.17) is 0 Å². The minimum Gasteiger partial charge on any atom is -0.298 e. The number of benzene rings is 1. The zero-order valence-corrected chi connectivity index (χ0v) is 7.54. The number of rotatable bonds is 2. The molecule has 0 unspecified atom stereocenters. The Kier molecular flexibility index (Phi) is 2.10. The van der Waals surface area contributed by atoms with E-state index in [-0.39, 0.29) is 18.8 Å². The summed E-state index contributed by atoms with van der Waals surface area (Å²) in [5, 5.41) is 0. The molecule has 1 saturated carbocycles. The molecule has 1 nitrogen and oxygen atoms in total. The lowest BCUT2D eigenvalue weighted by Gasteiger charge is -2.35. The molecule has 0 amide bonds. The molecule has 2 rings (SSSR count). The monoisotopic (exact) mass is 196 g/mol. The van der Waals surface area contributed by atoms with E-state index in [0.717, 1.165) is 11.8 Å². The van der Waals surface area contributed by atoms with Crippen LogP contribution in [0.5, 0.6) is 0 Å². The molecule has 1 fully saturated rings. The SMILES string of the molecule is O=Cc1cccc(C2CC(F)(F)C2)c1. The molecule has 0 N–H and O–H groups in total. The second kappa shape index (κ2) is 3.15. The van der Waals surface area contributed by atoms with E-state index >= 15 is 0 Å². The van der Waals surface area contributed by atoms with Gasteiger partial charge in [0.2, 0.25) is 5.92 Å². The van der Waals surface area contributed by atoms with E-state index in [1.165, 1.54) is 0 Å². The Hall–Kier alpha value is -1.25. The van der Waals surface area contributed by atoms with Gasteiger partial charge in [-0.3, -0.25) is 4.79 Å². The van der Waals surface area contributed by atoms with Gasteiger partial charge in [-0.2, -0.15) is 0 Å². The Labute approximate surface area is 80.7 Å². The summed E-state index contributed by atoms with van der Waals surface area (Å²) in [5.41, 5.74) is 1.40. The standard InChI is InChI=1S/C11H10F2O/c12-11(13)5-10(6-11)9-3-1-2-8(4-9)7-14/h1-4,7,10H,5-6H2. The van der Waals surface area contributed by atoms with E-state index in [9.17, 15) is 13.6 Å². The van der Waals surface area contributed by atoms with Gasteiger partial charge in [-0.25, -0.2) is 8.78 Å². The summed E-state index contributed by atoms with van der Waals surface area (Å²) in [7, 11) is 0. The van der Waals surface area contributed by atoms with Crippen LogP contribution in [0.1, 0.15) is 34.7 Å². The van der Waals surface area contributed by atoms with E-state index in [1.54, 1.807) is 24.3 Å². The Balaban J connectivity index is 2.14. The normalized spacial score (nSPS) is 20.1. The number of alkyl halides is 2. The van der Waals surface area contributed by atoms with Crippen molar-refractivity contribution in [2.24, 2.45) is 0 Å². The molecular formula is C11H10F2O. The molecule has 1 aliphatic rings. The van der Waals surface area contributed by atoms with Crippen LogP contribution in [0.4, 0.5) is 8.78 Å². The molecule has 1 aliphatic carbocycles. The van der Waals surface area contributed by atoms with Gasteiger partial charge in [-0.15, -0.1) is 0 Å². The highest BCUT2D eigenvalue weighted by Crippen LogP contribution is 2.48. The number of halogens is 2. The smallest absolute Gasteiger partial charge is 0.249 e. The number of carbonyl (C=O) groups excluding carboxylic acids is 1. The molecule has 0 heterocycles. The Morgan fingerprint density at radius 1 is 1.36 bits per heavy atom. The van der Waals surface area contributed by atoms with Gasteiger partial charge < -0.3 is 0 Å². The molecule has 0 bridgehead atoms. The van der Waals surface area contributed by atoms with Gasteiger partial charge in [0.15, 0.2) is 0 Å². The van der Waals surface area contributed by atoms with Crippen molar-refractivity contribution in [3.8, 4) is 0 Å². The first-order valence-electron chi connectivity index (χ1n) is 4.54. The van der Waals surface area contributed by atoms with Crippen LogP contribution < -0.4 is 0 Å².